The van der Waals surface area contributed by atoms with E-state index in [2.05, 4.69) is 22.9 Å². The fourth-order valence-electron chi connectivity index (χ4n) is 1.19. The van der Waals surface area contributed by atoms with Crippen molar-refractivity contribution in [2.45, 2.75) is 39.5 Å². The molecule has 5 heteroatoms. The zero-order valence-electron chi connectivity index (χ0n) is 10.2. The van der Waals surface area contributed by atoms with E-state index in [1.54, 1.807) is 0 Å². The molecule has 0 amide bonds. The minimum Gasteiger partial charge on any atom is -0.290 e. The topological polar surface area (TPSA) is 44.8 Å². The van der Waals surface area contributed by atoms with Crippen molar-refractivity contribution in [1.29, 1.82) is 0 Å². The molecule has 0 unspecified atom stereocenters. The second-order valence-electron chi connectivity index (χ2n) is 3.89. The highest BCUT2D eigenvalue weighted by atomic mass is 31.2. The van der Waals surface area contributed by atoms with Gasteiger partial charge in [-0.1, -0.05) is 33.1 Å². The fraction of sp³-hybridized carbons (Fsp3) is 1.00. The van der Waals surface area contributed by atoms with Gasteiger partial charge in [-0.15, -0.1) is 0 Å². The molecule has 0 aromatic carbocycles. The first kappa shape index (κ1) is 15.1. The van der Waals surface area contributed by atoms with Gasteiger partial charge in [0.15, 0.2) is 0 Å². The van der Waals surface area contributed by atoms with E-state index in [0.717, 1.165) is 18.8 Å². The Morgan fingerprint density at radius 1 is 1.07 bits per heavy atom. The third-order valence-electron chi connectivity index (χ3n) is 2.12. The molecule has 0 aliphatic rings. The molecule has 0 saturated heterocycles. The number of phosphoric ester groups is 1. The van der Waals surface area contributed by atoms with Crippen molar-refractivity contribution >= 4 is 7.82 Å². The summed E-state index contributed by atoms with van der Waals surface area (Å²) in [6, 6.07) is 0. The lowest BCUT2D eigenvalue weighted by Gasteiger charge is -2.12. The van der Waals surface area contributed by atoms with E-state index >= 15 is 0 Å². The molecule has 0 aliphatic heterocycles. The van der Waals surface area contributed by atoms with Crippen molar-refractivity contribution in [1.82, 2.24) is 0 Å². The molecule has 0 aromatic rings. The van der Waals surface area contributed by atoms with Gasteiger partial charge >= 0.3 is 7.82 Å². The monoisotopic (exact) mass is 238 g/mol. The summed E-state index contributed by atoms with van der Waals surface area (Å²) >= 11 is 0. The van der Waals surface area contributed by atoms with Crippen LogP contribution in [-0.2, 0) is 18.1 Å². The number of hydrogen-bond acceptors (Lipinski definition) is 4. The van der Waals surface area contributed by atoms with Crippen LogP contribution in [-0.4, -0.2) is 20.8 Å². The Morgan fingerprint density at radius 2 is 1.67 bits per heavy atom. The summed E-state index contributed by atoms with van der Waals surface area (Å²) in [5.74, 6) is 0.745. The highest BCUT2D eigenvalue weighted by Crippen LogP contribution is 2.47. The summed E-state index contributed by atoms with van der Waals surface area (Å²) in [4.78, 5) is 0. The third-order valence-corrected chi connectivity index (χ3v) is 3.52. The Kier molecular flexibility index (Phi) is 8.34. The van der Waals surface area contributed by atoms with Crippen LogP contribution in [0, 0.1) is 5.92 Å². The van der Waals surface area contributed by atoms with E-state index in [-0.39, 0.29) is 0 Å². The number of unbranched alkanes of at least 4 members (excludes halogenated alkanes) is 2. The highest BCUT2D eigenvalue weighted by Gasteiger charge is 2.21. The van der Waals surface area contributed by atoms with Gasteiger partial charge in [0, 0.05) is 14.2 Å². The molecular formula is C10H23O4P. The van der Waals surface area contributed by atoms with Gasteiger partial charge < -0.3 is 0 Å². The average molecular weight is 238 g/mol. The Hall–Kier alpha value is 0.110. The molecule has 0 saturated carbocycles. The van der Waals surface area contributed by atoms with Crippen LogP contribution in [0.15, 0.2) is 0 Å². The second kappa shape index (κ2) is 8.28. The first-order valence-electron chi connectivity index (χ1n) is 5.40. The summed E-state index contributed by atoms with van der Waals surface area (Å²) in [6.45, 7) is 4.85. The normalized spacial score (nSPS) is 12.3. The predicted octanol–water partition coefficient (Wildman–Crippen LogP) is 3.62. The molecule has 0 bridgehead atoms. The summed E-state index contributed by atoms with van der Waals surface area (Å²) in [7, 11) is -0.604. The number of rotatable bonds is 9. The Balaban J connectivity index is 3.42. The van der Waals surface area contributed by atoms with E-state index in [9.17, 15) is 4.57 Å². The minimum atomic E-state index is -3.25. The van der Waals surface area contributed by atoms with Crippen molar-refractivity contribution < 1.29 is 18.1 Å². The zero-order valence-corrected chi connectivity index (χ0v) is 11.1. The van der Waals surface area contributed by atoms with Crippen molar-refractivity contribution in [3.63, 3.8) is 0 Å². The van der Waals surface area contributed by atoms with Gasteiger partial charge in [0.05, 0.1) is 6.61 Å². The van der Waals surface area contributed by atoms with Crippen molar-refractivity contribution in [2.24, 2.45) is 5.92 Å². The summed E-state index contributed by atoms with van der Waals surface area (Å²) in [5.41, 5.74) is 0. The van der Waals surface area contributed by atoms with Gasteiger partial charge in [-0.05, 0) is 12.3 Å². The van der Waals surface area contributed by atoms with Crippen LogP contribution >= 0.6 is 7.82 Å². The quantitative estimate of drug-likeness (QED) is 0.454. The number of phosphoric acid groups is 1. The first-order chi connectivity index (χ1) is 7.04. The SMILES string of the molecule is COP(=O)(OC)OCCCCCC(C)C. The maximum atomic E-state index is 11.4. The average Bonchev–Trinajstić information content (AvgIpc) is 2.22. The first-order valence-corrected chi connectivity index (χ1v) is 6.86. The molecule has 0 radical (unpaired) electrons. The minimum absolute atomic E-state index is 0.428. The standard InChI is InChI=1S/C10H23O4P/c1-10(2)8-6-5-7-9-14-15(11,12-3)13-4/h10H,5-9H2,1-4H3. The highest BCUT2D eigenvalue weighted by molar-refractivity contribution is 7.48. The Morgan fingerprint density at radius 3 is 2.13 bits per heavy atom. The van der Waals surface area contributed by atoms with E-state index in [1.807, 2.05) is 0 Å². The number of hydrogen-bond donors (Lipinski definition) is 0. The van der Waals surface area contributed by atoms with Crippen LogP contribution in [0.25, 0.3) is 0 Å². The molecule has 4 nitrogen and oxygen atoms in total. The summed E-state index contributed by atoms with van der Waals surface area (Å²) in [5, 5.41) is 0. The molecule has 0 aliphatic carbocycles. The maximum absolute atomic E-state index is 11.4. The lowest BCUT2D eigenvalue weighted by molar-refractivity contribution is 0.149. The smallest absolute Gasteiger partial charge is 0.290 e. The molecule has 92 valence electrons. The lowest BCUT2D eigenvalue weighted by atomic mass is 10.1. The molecule has 0 N–H and O–H groups in total. The molecule has 0 heterocycles. The molecule has 0 atom stereocenters. The van der Waals surface area contributed by atoms with Crippen molar-refractivity contribution in [3.05, 3.63) is 0 Å². The van der Waals surface area contributed by atoms with Crippen LogP contribution in [0.1, 0.15) is 39.5 Å². The summed E-state index contributed by atoms with van der Waals surface area (Å²) < 4.78 is 25.8. The molecule has 15 heavy (non-hydrogen) atoms. The van der Waals surface area contributed by atoms with E-state index < -0.39 is 7.82 Å². The van der Waals surface area contributed by atoms with Crippen LogP contribution in [0.3, 0.4) is 0 Å². The van der Waals surface area contributed by atoms with Gasteiger partial charge in [-0.3, -0.25) is 13.6 Å². The third kappa shape index (κ3) is 7.97. The molecule has 0 rings (SSSR count). The second-order valence-corrected chi connectivity index (χ2v) is 5.77. The maximum Gasteiger partial charge on any atom is 0.474 e. The van der Waals surface area contributed by atoms with Crippen LogP contribution in [0.2, 0.25) is 0 Å². The molecule has 0 aromatic heterocycles. The van der Waals surface area contributed by atoms with E-state index in [0.29, 0.717) is 6.61 Å². The lowest BCUT2D eigenvalue weighted by Crippen LogP contribution is -1.97. The van der Waals surface area contributed by atoms with Gasteiger partial charge in [0.2, 0.25) is 0 Å². The Bertz CT molecular complexity index is 186. The predicted molar refractivity (Wildman–Crippen MR) is 60.9 cm³/mol. The van der Waals surface area contributed by atoms with Gasteiger partial charge in [0.1, 0.15) is 0 Å². The zero-order chi connectivity index (χ0) is 11.7. The van der Waals surface area contributed by atoms with Gasteiger partial charge in [0.25, 0.3) is 0 Å². The van der Waals surface area contributed by atoms with Crippen LogP contribution in [0.4, 0.5) is 0 Å². The van der Waals surface area contributed by atoms with Crippen LogP contribution < -0.4 is 0 Å². The van der Waals surface area contributed by atoms with E-state index in [1.165, 1.54) is 27.1 Å². The van der Waals surface area contributed by atoms with Crippen LogP contribution in [0.5, 0.6) is 0 Å². The fourth-order valence-corrected chi connectivity index (χ4v) is 1.90. The van der Waals surface area contributed by atoms with E-state index in [4.69, 9.17) is 4.52 Å². The Labute approximate surface area is 92.9 Å². The molecule has 0 spiro atoms. The molecular weight excluding hydrogens is 215 g/mol. The van der Waals surface area contributed by atoms with Gasteiger partial charge in [-0.25, -0.2) is 4.57 Å². The van der Waals surface area contributed by atoms with Crippen molar-refractivity contribution in [3.8, 4) is 0 Å². The summed E-state index contributed by atoms with van der Waals surface area (Å²) in [6.07, 6.45) is 4.40. The molecule has 0 fully saturated rings. The van der Waals surface area contributed by atoms with Crippen molar-refractivity contribution in [2.75, 3.05) is 20.8 Å². The largest absolute Gasteiger partial charge is 0.474 e. The van der Waals surface area contributed by atoms with Gasteiger partial charge in [-0.2, -0.15) is 0 Å².